The number of nitrogens with one attached hydrogen (secondary N) is 1. The van der Waals surface area contributed by atoms with Gasteiger partial charge in [0.25, 0.3) is 0 Å². The van der Waals surface area contributed by atoms with E-state index in [1.165, 1.54) is 0 Å². The number of nitrogens with zero attached hydrogens (tertiary/aromatic N) is 2. The maximum absolute atomic E-state index is 13.1. The fourth-order valence-corrected chi connectivity index (χ4v) is 3.91. The standard InChI is InChI=1S/C24H19N3O2S/c1-15-23(21-5-3-4-6-22(21)26-15)24(28)18(12-25)11-17-7-9-20(10-8-17)29-13-19-14-30-16(2)27-19/h3-11,14,26H,13H2,1-2H3/b18-11+. The summed E-state index contributed by atoms with van der Waals surface area (Å²) in [6.07, 6.45) is 1.61. The number of carbonyl (C=O) groups is 1. The quantitative estimate of drug-likeness (QED) is 0.253. The van der Waals surface area contributed by atoms with Gasteiger partial charge in [0.1, 0.15) is 24.0 Å². The normalized spacial score (nSPS) is 11.4. The molecule has 4 rings (SSSR count). The largest absolute Gasteiger partial charge is 0.487 e. The molecular formula is C24H19N3O2S. The summed E-state index contributed by atoms with van der Waals surface area (Å²) in [7, 11) is 0. The maximum atomic E-state index is 13.1. The number of fused-ring (bicyclic) bond motifs is 1. The van der Waals surface area contributed by atoms with Gasteiger partial charge in [0, 0.05) is 22.0 Å². The van der Waals surface area contributed by atoms with Crippen LogP contribution in [0.4, 0.5) is 0 Å². The first-order valence-electron chi connectivity index (χ1n) is 9.43. The first-order valence-corrected chi connectivity index (χ1v) is 10.3. The molecule has 0 aliphatic heterocycles. The number of para-hydroxylation sites is 1. The number of carbonyl (C=O) groups excluding carboxylic acids is 1. The molecule has 0 unspecified atom stereocenters. The highest BCUT2D eigenvalue weighted by Crippen LogP contribution is 2.25. The highest BCUT2D eigenvalue weighted by molar-refractivity contribution is 7.09. The van der Waals surface area contributed by atoms with E-state index in [9.17, 15) is 10.1 Å². The van der Waals surface area contributed by atoms with E-state index < -0.39 is 0 Å². The summed E-state index contributed by atoms with van der Waals surface area (Å²) in [4.78, 5) is 20.6. The van der Waals surface area contributed by atoms with E-state index in [1.807, 2.05) is 67.8 Å². The van der Waals surface area contributed by atoms with Crippen molar-refractivity contribution in [2.24, 2.45) is 0 Å². The Labute approximate surface area is 178 Å². The first-order chi connectivity index (χ1) is 14.5. The van der Waals surface area contributed by atoms with Crippen molar-refractivity contribution in [1.29, 1.82) is 5.26 Å². The predicted octanol–water partition coefficient (Wildman–Crippen LogP) is 5.61. The molecule has 6 heteroatoms. The monoisotopic (exact) mass is 413 g/mol. The lowest BCUT2D eigenvalue weighted by Gasteiger charge is -2.05. The lowest BCUT2D eigenvalue weighted by Crippen LogP contribution is -2.03. The molecule has 0 fully saturated rings. The number of hydrogen-bond donors (Lipinski definition) is 1. The number of rotatable bonds is 6. The van der Waals surface area contributed by atoms with Crippen LogP contribution in [0.2, 0.25) is 0 Å². The van der Waals surface area contributed by atoms with E-state index >= 15 is 0 Å². The van der Waals surface area contributed by atoms with Gasteiger partial charge in [-0.3, -0.25) is 4.79 Å². The van der Waals surface area contributed by atoms with Crippen LogP contribution < -0.4 is 4.74 Å². The van der Waals surface area contributed by atoms with Gasteiger partial charge >= 0.3 is 0 Å². The summed E-state index contributed by atoms with van der Waals surface area (Å²) in [6.45, 7) is 4.21. The Balaban J connectivity index is 1.54. The molecule has 0 amide bonds. The number of nitriles is 1. The third-order valence-electron chi connectivity index (χ3n) is 4.73. The molecule has 0 saturated heterocycles. The number of aryl methyl sites for hydroxylation is 2. The molecule has 0 spiro atoms. The van der Waals surface area contributed by atoms with Gasteiger partial charge in [0.15, 0.2) is 0 Å². The van der Waals surface area contributed by atoms with Crippen LogP contribution in [0, 0.1) is 25.2 Å². The van der Waals surface area contributed by atoms with Crippen LogP contribution in [0.5, 0.6) is 5.75 Å². The zero-order valence-corrected chi connectivity index (χ0v) is 17.4. The van der Waals surface area contributed by atoms with Gasteiger partial charge in [-0.05, 0) is 43.7 Å². The summed E-state index contributed by atoms with van der Waals surface area (Å²) in [5.41, 5.74) is 3.92. The second-order valence-corrected chi connectivity index (χ2v) is 7.95. The van der Waals surface area contributed by atoms with Crippen LogP contribution in [0.3, 0.4) is 0 Å². The molecule has 2 aromatic carbocycles. The second-order valence-electron chi connectivity index (χ2n) is 6.89. The molecule has 0 bridgehead atoms. The van der Waals surface area contributed by atoms with Crippen molar-refractivity contribution < 1.29 is 9.53 Å². The zero-order valence-electron chi connectivity index (χ0n) is 16.6. The molecule has 1 N–H and O–H groups in total. The molecule has 4 aromatic rings. The van der Waals surface area contributed by atoms with Gasteiger partial charge in [-0.25, -0.2) is 4.98 Å². The van der Waals surface area contributed by atoms with E-state index in [0.717, 1.165) is 32.9 Å². The molecule has 5 nitrogen and oxygen atoms in total. The van der Waals surface area contributed by atoms with Crippen LogP contribution in [-0.4, -0.2) is 15.8 Å². The molecule has 0 atom stereocenters. The molecular weight excluding hydrogens is 394 g/mol. The number of allylic oxidation sites excluding steroid dienone is 1. The zero-order chi connectivity index (χ0) is 21.1. The Hall–Kier alpha value is -3.69. The second kappa shape index (κ2) is 8.36. The Kier molecular flexibility index (Phi) is 5.46. The number of ether oxygens (including phenoxy) is 1. The van der Waals surface area contributed by atoms with E-state index in [4.69, 9.17) is 4.74 Å². The average molecular weight is 414 g/mol. The molecule has 30 heavy (non-hydrogen) atoms. The molecule has 0 aliphatic rings. The minimum atomic E-state index is -0.285. The topological polar surface area (TPSA) is 78.8 Å². The Morgan fingerprint density at radius 3 is 2.67 bits per heavy atom. The maximum Gasteiger partial charge on any atom is 0.205 e. The summed E-state index contributed by atoms with van der Waals surface area (Å²) in [6, 6.07) is 16.9. The number of thiazole rings is 1. The number of aromatic nitrogens is 2. The van der Waals surface area contributed by atoms with Crippen molar-refractivity contribution in [3.8, 4) is 11.8 Å². The smallest absolute Gasteiger partial charge is 0.205 e. The summed E-state index contributed by atoms with van der Waals surface area (Å²) in [5, 5.41) is 13.4. The number of benzene rings is 2. The van der Waals surface area contributed by atoms with Gasteiger partial charge < -0.3 is 9.72 Å². The third-order valence-corrected chi connectivity index (χ3v) is 5.55. The molecule has 0 aliphatic carbocycles. The van der Waals surface area contributed by atoms with Gasteiger partial charge in [-0.1, -0.05) is 30.3 Å². The first kappa shape index (κ1) is 19.6. The summed E-state index contributed by atoms with van der Waals surface area (Å²) >= 11 is 1.59. The van der Waals surface area contributed by atoms with Crippen molar-refractivity contribution in [2.75, 3.05) is 0 Å². The summed E-state index contributed by atoms with van der Waals surface area (Å²) < 4.78 is 5.75. The molecule has 0 saturated carbocycles. The van der Waals surface area contributed by atoms with Crippen LogP contribution in [0.15, 0.2) is 59.5 Å². The van der Waals surface area contributed by atoms with E-state index in [2.05, 4.69) is 16.0 Å². The number of H-pyrrole nitrogens is 1. The van der Waals surface area contributed by atoms with Crippen molar-refractivity contribution >= 4 is 34.1 Å². The van der Waals surface area contributed by atoms with Crippen molar-refractivity contribution in [1.82, 2.24) is 9.97 Å². The SMILES string of the molecule is Cc1nc(COc2ccc(/C=C(\C#N)C(=O)c3c(C)[nH]c4ccccc34)cc2)cs1. The minimum Gasteiger partial charge on any atom is -0.487 e. The summed E-state index contributed by atoms with van der Waals surface area (Å²) in [5.74, 6) is 0.418. The van der Waals surface area contributed by atoms with Crippen molar-refractivity contribution in [3.05, 3.63) is 87.0 Å². The van der Waals surface area contributed by atoms with Crippen molar-refractivity contribution in [3.63, 3.8) is 0 Å². The minimum absolute atomic E-state index is 0.0921. The number of ketones is 1. The molecule has 2 aromatic heterocycles. The van der Waals surface area contributed by atoms with E-state index in [-0.39, 0.29) is 11.4 Å². The Bertz CT molecular complexity index is 1290. The molecule has 148 valence electrons. The predicted molar refractivity (Wildman–Crippen MR) is 119 cm³/mol. The van der Waals surface area contributed by atoms with Gasteiger partial charge in [-0.15, -0.1) is 11.3 Å². The van der Waals surface area contributed by atoms with Crippen LogP contribution >= 0.6 is 11.3 Å². The van der Waals surface area contributed by atoms with Crippen LogP contribution in [0.1, 0.15) is 32.3 Å². The highest BCUT2D eigenvalue weighted by Gasteiger charge is 2.19. The van der Waals surface area contributed by atoms with Crippen LogP contribution in [-0.2, 0) is 6.61 Å². The average Bonchev–Trinajstić information content (AvgIpc) is 3.32. The Morgan fingerprint density at radius 2 is 1.97 bits per heavy atom. The lowest BCUT2D eigenvalue weighted by atomic mass is 9.99. The molecule has 0 radical (unpaired) electrons. The van der Waals surface area contributed by atoms with E-state index in [1.54, 1.807) is 17.4 Å². The number of hydrogen-bond acceptors (Lipinski definition) is 5. The number of Topliss-reactive ketones (excluding diaryl/α,β-unsaturated/α-hetero) is 1. The highest BCUT2D eigenvalue weighted by atomic mass is 32.1. The third kappa shape index (κ3) is 4.02. The Morgan fingerprint density at radius 1 is 1.20 bits per heavy atom. The molecule has 2 heterocycles. The van der Waals surface area contributed by atoms with Gasteiger partial charge in [-0.2, -0.15) is 5.26 Å². The van der Waals surface area contributed by atoms with Gasteiger partial charge in [0.05, 0.1) is 16.3 Å². The lowest BCUT2D eigenvalue weighted by molar-refractivity contribution is 0.104. The van der Waals surface area contributed by atoms with E-state index in [0.29, 0.717) is 17.9 Å². The van der Waals surface area contributed by atoms with Crippen molar-refractivity contribution in [2.45, 2.75) is 20.5 Å². The fourth-order valence-electron chi connectivity index (χ4n) is 3.31. The van der Waals surface area contributed by atoms with Crippen LogP contribution in [0.25, 0.3) is 17.0 Å². The van der Waals surface area contributed by atoms with Gasteiger partial charge in [0.2, 0.25) is 5.78 Å². The number of aromatic amines is 1. The fraction of sp³-hybridized carbons (Fsp3) is 0.125.